The third kappa shape index (κ3) is 2.60. The molecule has 1 aromatic rings. The fourth-order valence-electron chi connectivity index (χ4n) is 2.26. The van der Waals surface area contributed by atoms with Crippen molar-refractivity contribution in [2.24, 2.45) is 5.92 Å². The first kappa shape index (κ1) is 12.0. The van der Waals surface area contributed by atoms with Crippen LogP contribution in [0.1, 0.15) is 30.9 Å². The van der Waals surface area contributed by atoms with Gasteiger partial charge in [-0.15, -0.1) is 0 Å². The summed E-state index contributed by atoms with van der Waals surface area (Å²) in [5.74, 6) is -0.137. The van der Waals surface area contributed by atoms with Gasteiger partial charge in [-0.25, -0.2) is 0 Å². The highest BCUT2D eigenvalue weighted by molar-refractivity contribution is 5.76. The van der Waals surface area contributed by atoms with Crippen molar-refractivity contribution < 1.29 is 13.9 Å². The SMILES string of the molecule is CCOC(=O)C1CCC=C1Cc1cocc1C. The summed E-state index contributed by atoms with van der Waals surface area (Å²) in [6.45, 7) is 4.32. The van der Waals surface area contributed by atoms with E-state index in [1.807, 2.05) is 13.8 Å². The van der Waals surface area contributed by atoms with Crippen LogP contribution in [0.25, 0.3) is 0 Å². The molecule has 0 saturated carbocycles. The van der Waals surface area contributed by atoms with E-state index < -0.39 is 0 Å². The summed E-state index contributed by atoms with van der Waals surface area (Å²) >= 11 is 0. The molecule has 0 spiro atoms. The Bertz CT molecular complexity index is 428. The molecular weight excluding hydrogens is 216 g/mol. The molecule has 3 nitrogen and oxygen atoms in total. The number of esters is 1. The van der Waals surface area contributed by atoms with Crippen LogP contribution in [-0.2, 0) is 16.0 Å². The Balaban J connectivity index is 2.05. The normalized spacial score (nSPS) is 19.2. The molecule has 92 valence electrons. The lowest BCUT2D eigenvalue weighted by Crippen LogP contribution is -2.18. The minimum absolute atomic E-state index is 0.0516. The van der Waals surface area contributed by atoms with Crippen molar-refractivity contribution in [3.8, 4) is 0 Å². The Morgan fingerprint density at radius 1 is 1.53 bits per heavy atom. The number of hydrogen-bond donors (Lipinski definition) is 0. The van der Waals surface area contributed by atoms with Gasteiger partial charge >= 0.3 is 5.97 Å². The predicted octanol–water partition coefficient (Wildman–Crippen LogP) is 3.03. The van der Waals surface area contributed by atoms with Gasteiger partial charge in [-0.2, -0.15) is 0 Å². The maximum Gasteiger partial charge on any atom is 0.313 e. The molecule has 1 heterocycles. The molecule has 2 rings (SSSR count). The summed E-state index contributed by atoms with van der Waals surface area (Å²) in [5, 5.41) is 0. The molecule has 1 aliphatic rings. The van der Waals surface area contributed by atoms with Crippen molar-refractivity contribution in [1.82, 2.24) is 0 Å². The van der Waals surface area contributed by atoms with E-state index in [1.165, 1.54) is 5.57 Å². The molecule has 1 unspecified atom stereocenters. The number of rotatable bonds is 4. The van der Waals surface area contributed by atoms with Gasteiger partial charge in [-0.3, -0.25) is 4.79 Å². The van der Waals surface area contributed by atoms with Crippen LogP contribution in [-0.4, -0.2) is 12.6 Å². The van der Waals surface area contributed by atoms with Crippen LogP contribution in [0.4, 0.5) is 0 Å². The molecule has 17 heavy (non-hydrogen) atoms. The van der Waals surface area contributed by atoms with E-state index in [0.29, 0.717) is 6.61 Å². The largest absolute Gasteiger partial charge is 0.472 e. The zero-order chi connectivity index (χ0) is 12.3. The highest BCUT2D eigenvalue weighted by Crippen LogP contribution is 2.30. The van der Waals surface area contributed by atoms with E-state index in [9.17, 15) is 4.79 Å². The number of furan rings is 1. The zero-order valence-corrected chi connectivity index (χ0v) is 10.4. The number of aryl methyl sites for hydroxylation is 1. The minimum Gasteiger partial charge on any atom is -0.472 e. The Kier molecular flexibility index (Phi) is 3.67. The summed E-state index contributed by atoms with van der Waals surface area (Å²) in [4.78, 5) is 11.8. The van der Waals surface area contributed by atoms with Crippen LogP contribution < -0.4 is 0 Å². The fourth-order valence-corrected chi connectivity index (χ4v) is 2.26. The van der Waals surface area contributed by atoms with E-state index in [4.69, 9.17) is 9.15 Å². The van der Waals surface area contributed by atoms with Gasteiger partial charge < -0.3 is 9.15 Å². The van der Waals surface area contributed by atoms with E-state index in [0.717, 1.165) is 30.4 Å². The first-order chi connectivity index (χ1) is 8.22. The molecule has 0 aromatic carbocycles. The van der Waals surface area contributed by atoms with Gasteiger partial charge in [-0.1, -0.05) is 11.6 Å². The van der Waals surface area contributed by atoms with Crippen molar-refractivity contribution in [3.63, 3.8) is 0 Å². The average Bonchev–Trinajstić information content (AvgIpc) is 2.90. The summed E-state index contributed by atoms with van der Waals surface area (Å²) in [7, 11) is 0. The molecule has 0 aliphatic heterocycles. The Labute approximate surface area is 101 Å². The second-order valence-electron chi connectivity index (χ2n) is 4.42. The van der Waals surface area contributed by atoms with Gasteiger partial charge in [0.1, 0.15) is 0 Å². The van der Waals surface area contributed by atoms with Crippen molar-refractivity contribution in [3.05, 3.63) is 35.3 Å². The highest BCUT2D eigenvalue weighted by atomic mass is 16.5. The van der Waals surface area contributed by atoms with Gasteiger partial charge in [0.2, 0.25) is 0 Å². The number of hydrogen-bond acceptors (Lipinski definition) is 3. The van der Waals surface area contributed by atoms with Gasteiger partial charge in [0.05, 0.1) is 25.1 Å². The summed E-state index contributed by atoms with van der Waals surface area (Å²) in [6.07, 6.45) is 8.31. The average molecular weight is 234 g/mol. The maximum absolute atomic E-state index is 11.8. The van der Waals surface area contributed by atoms with Crippen molar-refractivity contribution >= 4 is 5.97 Å². The Morgan fingerprint density at radius 2 is 2.35 bits per heavy atom. The quantitative estimate of drug-likeness (QED) is 0.593. The zero-order valence-electron chi connectivity index (χ0n) is 10.4. The molecule has 0 fully saturated rings. The molecule has 0 saturated heterocycles. The van der Waals surface area contributed by atoms with Crippen LogP contribution in [0.2, 0.25) is 0 Å². The van der Waals surface area contributed by atoms with Crippen molar-refractivity contribution in [2.45, 2.75) is 33.1 Å². The topological polar surface area (TPSA) is 39.4 Å². The van der Waals surface area contributed by atoms with Crippen LogP contribution in [0.5, 0.6) is 0 Å². The molecule has 0 radical (unpaired) electrons. The lowest BCUT2D eigenvalue weighted by atomic mass is 9.95. The van der Waals surface area contributed by atoms with Crippen molar-refractivity contribution in [1.29, 1.82) is 0 Å². The van der Waals surface area contributed by atoms with Crippen LogP contribution >= 0.6 is 0 Å². The van der Waals surface area contributed by atoms with E-state index in [-0.39, 0.29) is 11.9 Å². The Hall–Kier alpha value is -1.51. The van der Waals surface area contributed by atoms with E-state index >= 15 is 0 Å². The highest BCUT2D eigenvalue weighted by Gasteiger charge is 2.27. The lowest BCUT2D eigenvalue weighted by molar-refractivity contribution is -0.146. The summed E-state index contributed by atoms with van der Waals surface area (Å²) in [6, 6.07) is 0. The number of carbonyl (C=O) groups is 1. The fraction of sp³-hybridized carbons (Fsp3) is 0.500. The molecule has 0 bridgehead atoms. The minimum atomic E-state index is -0.0857. The van der Waals surface area contributed by atoms with Gasteiger partial charge in [0, 0.05) is 0 Å². The summed E-state index contributed by atoms with van der Waals surface area (Å²) in [5.41, 5.74) is 3.47. The molecule has 1 aliphatic carbocycles. The van der Waals surface area contributed by atoms with Gasteiger partial charge in [0.25, 0.3) is 0 Å². The predicted molar refractivity (Wildman–Crippen MR) is 64.6 cm³/mol. The molecular formula is C14H18O3. The monoisotopic (exact) mass is 234 g/mol. The van der Waals surface area contributed by atoms with Gasteiger partial charge in [0.15, 0.2) is 0 Å². The first-order valence-corrected chi connectivity index (χ1v) is 6.09. The maximum atomic E-state index is 11.8. The third-order valence-electron chi connectivity index (χ3n) is 3.24. The van der Waals surface area contributed by atoms with E-state index in [1.54, 1.807) is 12.5 Å². The van der Waals surface area contributed by atoms with Crippen LogP contribution in [0, 0.1) is 12.8 Å². The number of ether oxygens (including phenoxy) is 1. The molecule has 0 N–H and O–H groups in total. The molecule has 0 amide bonds. The second kappa shape index (κ2) is 5.21. The second-order valence-corrected chi connectivity index (χ2v) is 4.42. The number of carbonyl (C=O) groups excluding carboxylic acids is 1. The van der Waals surface area contributed by atoms with Crippen LogP contribution in [0.15, 0.2) is 28.6 Å². The third-order valence-corrected chi connectivity index (χ3v) is 3.24. The van der Waals surface area contributed by atoms with E-state index in [2.05, 4.69) is 6.08 Å². The lowest BCUT2D eigenvalue weighted by Gasteiger charge is -2.13. The Morgan fingerprint density at radius 3 is 3.00 bits per heavy atom. The van der Waals surface area contributed by atoms with Crippen molar-refractivity contribution in [2.75, 3.05) is 6.61 Å². The molecule has 1 atom stereocenters. The van der Waals surface area contributed by atoms with Gasteiger partial charge in [-0.05, 0) is 44.2 Å². The number of allylic oxidation sites excluding steroid dienone is 1. The molecule has 1 aromatic heterocycles. The van der Waals surface area contributed by atoms with Crippen LogP contribution in [0.3, 0.4) is 0 Å². The smallest absolute Gasteiger partial charge is 0.313 e. The molecule has 3 heteroatoms. The first-order valence-electron chi connectivity index (χ1n) is 6.09. The standard InChI is InChI=1S/C14H18O3/c1-3-17-14(15)13-6-4-5-11(13)7-12-9-16-8-10(12)2/h5,8-9,13H,3-4,6-7H2,1-2H3. The summed E-state index contributed by atoms with van der Waals surface area (Å²) < 4.78 is 10.3.